The lowest BCUT2D eigenvalue weighted by atomic mass is 10.1. The summed E-state index contributed by atoms with van der Waals surface area (Å²) in [5, 5.41) is 3.33. The zero-order valence-electron chi connectivity index (χ0n) is 10.8. The van der Waals surface area contributed by atoms with Crippen LogP contribution in [0, 0.1) is 5.92 Å². The summed E-state index contributed by atoms with van der Waals surface area (Å²) in [5.41, 5.74) is 1.29. The van der Waals surface area contributed by atoms with Gasteiger partial charge in [0.05, 0.1) is 6.20 Å². The van der Waals surface area contributed by atoms with Crippen molar-refractivity contribution in [3.8, 4) is 5.75 Å². The Balaban J connectivity index is 1.55. The number of pyridine rings is 1. The first-order chi connectivity index (χ1) is 8.86. The highest BCUT2D eigenvalue weighted by Crippen LogP contribution is 2.47. The van der Waals surface area contributed by atoms with Crippen LogP contribution < -0.4 is 10.1 Å². The zero-order chi connectivity index (χ0) is 12.4. The monoisotopic (exact) mass is 248 g/mol. The lowest BCUT2D eigenvalue weighted by Crippen LogP contribution is -2.46. The van der Waals surface area contributed by atoms with E-state index in [-0.39, 0.29) is 0 Å². The normalized spacial score (nSPS) is 29.7. The van der Waals surface area contributed by atoms with Crippen LogP contribution in [0.25, 0.3) is 0 Å². The molecule has 3 rings (SSSR count). The van der Waals surface area contributed by atoms with Gasteiger partial charge in [0.25, 0.3) is 0 Å². The van der Waals surface area contributed by atoms with Crippen LogP contribution in [0.2, 0.25) is 0 Å². The molecule has 0 spiro atoms. The van der Waals surface area contributed by atoms with E-state index in [0.717, 1.165) is 25.5 Å². The molecular weight excluding hydrogens is 228 g/mol. The van der Waals surface area contributed by atoms with Crippen molar-refractivity contribution < 1.29 is 9.47 Å². The number of ether oxygens (including phenoxy) is 2. The maximum atomic E-state index is 5.77. The number of aromatic nitrogens is 1. The minimum absolute atomic E-state index is 0.524. The van der Waals surface area contributed by atoms with Gasteiger partial charge in [-0.2, -0.15) is 0 Å². The van der Waals surface area contributed by atoms with Gasteiger partial charge < -0.3 is 14.8 Å². The highest BCUT2D eigenvalue weighted by molar-refractivity contribution is 5.30. The van der Waals surface area contributed by atoms with Crippen molar-refractivity contribution in [1.82, 2.24) is 10.3 Å². The summed E-state index contributed by atoms with van der Waals surface area (Å²) in [6.45, 7) is 2.71. The Morgan fingerprint density at radius 3 is 3.00 bits per heavy atom. The van der Waals surface area contributed by atoms with Gasteiger partial charge in [0, 0.05) is 26.0 Å². The largest absolute Gasteiger partial charge is 0.490 e. The lowest BCUT2D eigenvalue weighted by molar-refractivity contribution is 0.184. The van der Waals surface area contributed by atoms with Crippen molar-refractivity contribution in [2.75, 3.05) is 26.9 Å². The van der Waals surface area contributed by atoms with Gasteiger partial charge in [-0.25, -0.2) is 0 Å². The van der Waals surface area contributed by atoms with Gasteiger partial charge in [0.2, 0.25) is 0 Å². The minimum atomic E-state index is 0.524. The van der Waals surface area contributed by atoms with Crippen molar-refractivity contribution in [2.45, 2.75) is 24.8 Å². The molecule has 1 saturated heterocycles. The Labute approximate surface area is 108 Å². The molecule has 4 nitrogen and oxygen atoms in total. The average Bonchev–Trinajstić information content (AvgIpc) is 3.07. The average molecular weight is 248 g/mol. The second kappa shape index (κ2) is 5.24. The number of nitrogens with one attached hydrogen (secondary N) is 1. The van der Waals surface area contributed by atoms with E-state index in [0.29, 0.717) is 17.9 Å². The van der Waals surface area contributed by atoms with Gasteiger partial charge in [0.15, 0.2) is 0 Å². The van der Waals surface area contributed by atoms with Crippen LogP contribution in [-0.4, -0.2) is 37.9 Å². The lowest BCUT2D eigenvalue weighted by Gasteiger charge is -2.27. The first kappa shape index (κ1) is 11.9. The summed E-state index contributed by atoms with van der Waals surface area (Å²) in [5.74, 6) is 2.17. The molecule has 1 aliphatic heterocycles. The van der Waals surface area contributed by atoms with E-state index in [1.807, 2.05) is 6.20 Å². The van der Waals surface area contributed by atoms with E-state index in [4.69, 9.17) is 9.47 Å². The Kier molecular flexibility index (Phi) is 3.48. The summed E-state index contributed by atoms with van der Waals surface area (Å²) < 4.78 is 11.0. The Bertz CT molecular complexity index is 407. The number of rotatable bonds is 6. The van der Waals surface area contributed by atoms with Crippen molar-refractivity contribution in [3.63, 3.8) is 0 Å². The molecule has 1 aromatic rings. The fraction of sp³-hybridized carbons (Fsp3) is 0.643. The molecular formula is C14H20N2O2. The predicted octanol–water partition coefficient (Wildman–Crippen LogP) is 1.57. The second-order valence-corrected chi connectivity index (χ2v) is 5.26. The Morgan fingerprint density at radius 1 is 1.39 bits per heavy atom. The zero-order valence-corrected chi connectivity index (χ0v) is 10.8. The van der Waals surface area contributed by atoms with Crippen molar-refractivity contribution >= 4 is 0 Å². The molecule has 0 amide bonds. The number of nitrogens with zero attached hydrogens (tertiary/aromatic N) is 1. The third-order valence-corrected chi connectivity index (χ3v) is 3.84. The van der Waals surface area contributed by atoms with Crippen LogP contribution in [0.1, 0.15) is 24.3 Å². The fourth-order valence-electron chi connectivity index (χ4n) is 2.46. The van der Waals surface area contributed by atoms with Gasteiger partial charge in [-0.05, 0) is 42.9 Å². The minimum Gasteiger partial charge on any atom is -0.490 e. The van der Waals surface area contributed by atoms with E-state index < -0.39 is 0 Å². The number of methoxy groups -OCH3 is 1. The van der Waals surface area contributed by atoms with Gasteiger partial charge in [-0.3, -0.25) is 4.98 Å². The van der Waals surface area contributed by atoms with Crippen molar-refractivity contribution in [2.24, 2.45) is 5.92 Å². The molecule has 0 bridgehead atoms. The molecule has 4 heteroatoms. The van der Waals surface area contributed by atoms with Crippen LogP contribution in [-0.2, 0) is 4.74 Å². The van der Waals surface area contributed by atoms with Crippen molar-refractivity contribution in [1.29, 1.82) is 0 Å². The maximum absolute atomic E-state index is 5.77. The third-order valence-electron chi connectivity index (χ3n) is 3.84. The van der Waals surface area contributed by atoms with E-state index in [2.05, 4.69) is 16.4 Å². The molecule has 2 aliphatic rings. The quantitative estimate of drug-likeness (QED) is 0.830. The molecule has 1 aliphatic carbocycles. The standard InChI is InChI=1S/C14H20N2O2/c1-17-8-11-5-14(11)10-4-13(7-15-6-10)18-9-12-2-3-16-12/h4,6-7,11-12,14,16H,2-3,5,8-9H2,1H3/t11-,12+,14-/m1/s1. The molecule has 18 heavy (non-hydrogen) atoms. The van der Waals surface area contributed by atoms with E-state index in [1.54, 1.807) is 13.3 Å². The summed E-state index contributed by atoms with van der Waals surface area (Å²) >= 11 is 0. The molecule has 2 fully saturated rings. The van der Waals surface area contributed by atoms with Gasteiger partial charge >= 0.3 is 0 Å². The summed E-state index contributed by atoms with van der Waals surface area (Å²) in [6, 6.07) is 2.65. The predicted molar refractivity (Wildman–Crippen MR) is 68.9 cm³/mol. The van der Waals surface area contributed by atoms with E-state index >= 15 is 0 Å². The first-order valence-corrected chi connectivity index (χ1v) is 6.67. The number of hydrogen-bond donors (Lipinski definition) is 1. The third kappa shape index (κ3) is 2.65. The molecule has 1 saturated carbocycles. The Morgan fingerprint density at radius 2 is 2.28 bits per heavy atom. The highest BCUT2D eigenvalue weighted by atomic mass is 16.5. The van der Waals surface area contributed by atoms with Gasteiger partial charge in [-0.15, -0.1) is 0 Å². The summed E-state index contributed by atoms with van der Waals surface area (Å²) in [4.78, 5) is 4.28. The fourth-order valence-corrected chi connectivity index (χ4v) is 2.46. The SMILES string of the molecule is COC[C@H]1C[C@@H]1c1cncc(OC[C@@H]2CCN2)c1. The molecule has 0 aromatic carbocycles. The smallest absolute Gasteiger partial charge is 0.137 e. The summed E-state index contributed by atoms with van der Waals surface area (Å²) in [6.07, 6.45) is 6.18. The first-order valence-electron chi connectivity index (χ1n) is 6.67. The molecule has 98 valence electrons. The summed E-state index contributed by atoms with van der Waals surface area (Å²) in [7, 11) is 1.76. The van der Waals surface area contributed by atoms with Gasteiger partial charge in [-0.1, -0.05) is 0 Å². The molecule has 2 heterocycles. The maximum Gasteiger partial charge on any atom is 0.137 e. The van der Waals surface area contributed by atoms with Crippen LogP contribution in [0.3, 0.4) is 0 Å². The molecule has 1 N–H and O–H groups in total. The second-order valence-electron chi connectivity index (χ2n) is 5.26. The molecule has 0 unspecified atom stereocenters. The topological polar surface area (TPSA) is 43.4 Å². The molecule has 3 atom stereocenters. The van der Waals surface area contributed by atoms with Crippen molar-refractivity contribution in [3.05, 3.63) is 24.0 Å². The van der Waals surface area contributed by atoms with Crippen LogP contribution >= 0.6 is 0 Å². The highest BCUT2D eigenvalue weighted by Gasteiger charge is 2.38. The van der Waals surface area contributed by atoms with E-state index in [1.165, 1.54) is 18.4 Å². The van der Waals surface area contributed by atoms with Gasteiger partial charge in [0.1, 0.15) is 12.4 Å². The van der Waals surface area contributed by atoms with Crippen LogP contribution in [0.5, 0.6) is 5.75 Å². The molecule has 1 aromatic heterocycles. The van der Waals surface area contributed by atoms with E-state index in [9.17, 15) is 0 Å². The van der Waals surface area contributed by atoms with Crippen LogP contribution in [0.4, 0.5) is 0 Å². The van der Waals surface area contributed by atoms with Crippen LogP contribution in [0.15, 0.2) is 18.5 Å². The number of hydrogen-bond acceptors (Lipinski definition) is 4. The Hall–Kier alpha value is -1.13. The molecule has 0 radical (unpaired) electrons.